The number of rotatable bonds is 3. The van der Waals surface area contributed by atoms with E-state index in [4.69, 9.17) is 27.9 Å². The molecule has 4 nitrogen and oxygen atoms in total. The number of carbonyl (C=O) groups is 1. The fraction of sp³-hybridized carbons (Fsp3) is 0.111. The summed E-state index contributed by atoms with van der Waals surface area (Å²) in [4.78, 5) is 19.1. The molecule has 25 heavy (non-hydrogen) atoms. The lowest BCUT2D eigenvalue weighted by Crippen LogP contribution is -2.23. The van der Waals surface area contributed by atoms with E-state index in [2.05, 4.69) is 4.99 Å². The summed E-state index contributed by atoms with van der Waals surface area (Å²) < 4.78 is 5.33. The number of benzene rings is 2. The summed E-state index contributed by atoms with van der Waals surface area (Å²) in [7, 11) is 3.27. The first kappa shape index (κ1) is 17.9. The maximum Gasteiger partial charge on any atom is 0.266 e. The fourth-order valence-corrected chi connectivity index (χ4v) is 3.61. The number of carbonyl (C=O) groups excluding carboxylic acids is 1. The van der Waals surface area contributed by atoms with Gasteiger partial charge in [-0.25, -0.2) is 4.99 Å². The zero-order valence-electron chi connectivity index (χ0n) is 13.5. The van der Waals surface area contributed by atoms with Crippen LogP contribution in [0.5, 0.6) is 5.75 Å². The molecule has 128 valence electrons. The predicted octanol–water partition coefficient (Wildman–Crippen LogP) is 5.24. The van der Waals surface area contributed by atoms with Gasteiger partial charge in [-0.2, -0.15) is 0 Å². The lowest BCUT2D eigenvalue weighted by Gasteiger charge is -2.07. The van der Waals surface area contributed by atoms with E-state index < -0.39 is 0 Å². The number of ether oxygens (including phenoxy) is 1. The number of likely N-dealkylation sites (N-methyl/N-ethyl adjacent to an activating group) is 1. The van der Waals surface area contributed by atoms with Crippen molar-refractivity contribution < 1.29 is 9.53 Å². The summed E-state index contributed by atoms with van der Waals surface area (Å²) >= 11 is 13.3. The zero-order chi connectivity index (χ0) is 18.0. The van der Waals surface area contributed by atoms with E-state index >= 15 is 0 Å². The van der Waals surface area contributed by atoms with Crippen LogP contribution in [-0.2, 0) is 4.79 Å². The monoisotopic (exact) mass is 392 g/mol. The summed E-state index contributed by atoms with van der Waals surface area (Å²) in [5.41, 5.74) is 1.43. The quantitative estimate of drug-likeness (QED) is 0.670. The first-order valence-electron chi connectivity index (χ1n) is 7.33. The first-order chi connectivity index (χ1) is 12.0. The molecule has 3 rings (SSSR count). The number of nitrogens with zero attached hydrogens (tertiary/aromatic N) is 2. The summed E-state index contributed by atoms with van der Waals surface area (Å²) in [6.07, 6.45) is 1.76. The summed E-state index contributed by atoms with van der Waals surface area (Å²) in [5, 5.41) is 1.75. The molecule has 0 aliphatic carbocycles. The van der Waals surface area contributed by atoms with E-state index in [-0.39, 0.29) is 5.91 Å². The van der Waals surface area contributed by atoms with Crippen LogP contribution in [0, 0.1) is 0 Å². The molecule has 1 saturated heterocycles. The van der Waals surface area contributed by atoms with Gasteiger partial charge in [0.15, 0.2) is 5.17 Å². The molecule has 1 aliphatic heterocycles. The van der Waals surface area contributed by atoms with Crippen molar-refractivity contribution in [3.05, 3.63) is 63.0 Å². The van der Waals surface area contributed by atoms with Crippen LogP contribution in [0.2, 0.25) is 10.0 Å². The Morgan fingerprint density at radius 1 is 1.16 bits per heavy atom. The van der Waals surface area contributed by atoms with E-state index in [9.17, 15) is 4.79 Å². The lowest BCUT2D eigenvalue weighted by atomic mass is 10.2. The van der Waals surface area contributed by atoms with E-state index in [1.54, 1.807) is 50.6 Å². The van der Waals surface area contributed by atoms with Gasteiger partial charge in [-0.1, -0.05) is 29.3 Å². The Kier molecular flexibility index (Phi) is 5.37. The third-order valence-corrected chi connectivity index (χ3v) is 5.05. The molecule has 0 bridgehead atoms. The van der Waals surface area contributed by atoms with Gasteiger partial charge in [0.25, 0.3) is 5.91 Å². The third-order valence-electron chi connectivity index (χ3n) is 3.51. The van der Waals surface area contributed by atoms with Crippen LogP contribution >= 0.6 is 35.0 Å². The molecule has 1 amide bonds. The molecule has 7 heteroatoms. The van der Waals surface area contributed by atoms with Crippen molar-refractivity contribution in [2.75, 3.05) is 14.2 Å². The molecule has 0 N–H and O–H groups in total. The number of aliphatic imine (C=N–C) groups is 1. The van der Waals surface area contributed by atoms with Gasteiger partial charge in [0, 0.05) is 22.7 Å². The van der Waals surface area contributed by atoms with Crippen LogP contribution in [0.15, 0.2) is 52.4 Å². The van der Waals surface area contributed by atoms with Crippen molar-refractivity contribution in [2.45, 2.75) is 0 Å². The molecule has 0 atom stereocenters. The van der Waals surface area contributed by atoms with Crippen LogP contribution in [0.25, 0.3) is 6.08 Å². The predicted molar refractivity (Wildman–Crippen MR) is 105 cm³/mol. The molecule has 0 aromatic heterocycles. The van der Waals surface area contributed by atoms with Crippen molar-refractivity contribution in [1.29, 1.82) is 0 Å². The highest BCUT2D eigenvalue weighted by atomic mass is 35.5. The van der Waals surface area contributed by atoms with Crippen LogP contribution in [0.1, 0.15) is 5.56 Å². The molecule has 1 heterocycles. The second kappa shape index (κ2) is 7.52. The molecule has 1 fully saturated rings. The van der Waals surface area contributed by atoms with E-state index in [0.717, 1.165) is 5.56 Å². The Morgan fingerprint density at radius 2 is 1.92 bits per heavy atom. The minimum atomic E-state index is -0.132. The minimum Gasteiger partial charge on any atom is -0.496 e. The van der Waals surface area contributed by atoms with Gasteiger partial charge >= 0.3 is 0 Å². The standard InChI is InChI=1S/C18H14Cl2N2O2S/c1-22-17(23)16(9-11-8-13(20)6-7-15(11)24-2)25-18(22)21-14-5-3-4-12(19)10-14/h3-10H,1-2H3/b16-9+,21-18?. The first-order valence-corrected chi connectivity index (χ1v) is 8.90. The normalized spacial score (nSPS) is 17.6. The molecule has 0 radical (unpaired) electrons. The Hall–Kier alpha value is -1.95. The average molecular weight is 393 g/mol. The molecular weight excluding hydrogens is 379 g/mol. The number of hydrogen-bond donors (Lipinski definition) is 0. The van der Waals surface area contributed by atoms with Crippen LogP contribution in [0.4, 0.5) is 5.69 Å². The number of halogens is 2. The van der Waals surface area contributed by atoms with Gasteiger partial charge in [-0.15, -0.1) is 0 Å². The van der Waals surface area contributed by atoms with Gasteiger partial charge in [-0.05, 0) is 54.2 Å². The van der Waals surface area contributed by atoms with E-state index in [1.165, 1.54) is 16.7 Å². The van der Waals surface area contributed by atoms with Gasteiger partial charge < -0.3 is 4.74 Å². The Labute approximate surface area is 160 Å². The lowest BCUT2D eigenvalue weighted by molar-refractivity contribution is -0.121. The third kappa shape index (κ3) is 4.00. The number of amidine groups is 1. The molecule has 1 aliphatic rings. The van der Waals surface area contributed by atoms with Crippen molar-refractivity contribution >= 4 is 57.8 Å². The van der Waals surface area contributed by atoms with Crippen molar-refractivity contribution in [2.24, 2.45) is 4.99 Å². The number of thioether (sulfide) groups is 1. The minimum absolute atomic E-state index is 0.132. The van der Waals surface area contributed by atoms with E-state index in [0.29, 0.717) is 31.6 Å². The Morgan fingerprint density at radius 3 is 2.64 bits per heavy atom. The van der Waals surface area contributed by atoms with Crippen LogP contribution < -0.4 is 4.74 Å². The molecular formula is C18H14Cl2N2O2S. The highest BCUT2D eigenvalue weighted by Gasteiger charge is 2.30. The summed E-state index contributed by atoms with van der Waals surface area (Å²) in [5.74, 6) is 0.515. The second-order valence-corrected chi connectivity index (χ2v) is 7.12. The maximum absolute atomic E-state index is 12.5. The summed E-state index contributed by atoms with van der Waals surface area (Å²) in [6.45, 7) is 0. The molecule has 0 spiro atoms. The molecule has 2 aromatic carbocycles. The largest absolute Gasteiger partial charge is 0.496 e. The fourth-order valence-electron chi connectivity index (χ4n) is 2.27. The van der Waals surface area contributed by atoms with Crippen molar-refractivity contribution in [3.63, 3.8) is 0 Å². The molecule has 2 aromatic rings. The van der Waals surface area contributed by atoms with Gasteiger partial charge in [0.1, 0.15) is 5.75 Å². The highest BCUT2D eigenvalue weighted by molar-refractivity contribution is 8.18. The Balaban J connectivity index is 1.95. The summed E-state index contributed by atoms with van der Waals surface area (Å²) in [6, 6.07) is 12.4. The Bertz CT molecular complexity index is 896. The van der Waals surface area contributed by atoms with Crippen LogP contribution in [-0.4, -0.2) is 30.1 Å². The molecule has 0 unspecified atom stereocenters. The van der Waals surface area contributed by atoms with Crippen molar-refractivity contribution in [3.8, 4) is 5.75 Å². The van der Waals surface area contributed by atoms with Gasteiger partial charge in [-0.3, -0.25) is 9.69 Å². The van der Waals surface area contributed by atoms with Gasteiger partial charge in [0.05, 0.1) is 17.7 Å². The SMILES string of the molecule is COc1ccc(Cl)cc1/C=C1/SC(=Nc2cccc(Cl)c2)N(C)C1=O. The topological polar surface area (TPSA) is 41.9 Å². The van der Waals surface area contributed by atoms with Gasteiger partial charge in [0.2, 0.25) is 0 Å². The zero-order valence-corrected chi connectivity index (χ0v) is 15.8. The maximum atomic E-state index is 12.5. The molecule has 0 saturated carbocycles. The number of hydrogen-bond acceptors (Lipinski definition) is 4. The highest BCUT2D eigenvalue weighted by Crippen LogP contribution is 2.35. The smallest absolute Gasteiger partial charge is 0.266 e. The van der Waals surface area contributed by atoms with Crippen LogP contribution in [0.3, 0.4) is 0 Å². The van der Waals surface area contributed by atoms with Crippen molar-refractivity contribution in [1.82, 2.24) is 4.90 Å². The number of amides is 1. The number of methoxy groups -OCH3 is 1. The second-order valence-electron chi connectivity index (χ2n) is 5.24. The average Bonchev–Trinajstić information content (AvgIpc) is 2.83. The van der Waals surface area contributed by atoms with E-state index in [1.807, 2.05) is 12.1 Å².